The SMILES string of the molecule is CCOCc1c2c[nH]c1C(c1ccccc1)=C1C=CC(=N1)C(c1ccccc1)=C1C=CC(=N1)C(c1ccccc1)=c1ccc([nH]1)=C2c1ccccc1. The molecule has 0 radical (unpaired) electrons. The lowest BCUT2D eigenvalue weighted by Crippen LogP contribution is -2.19. The minimum absolute atomic E-state index is 0.430. The van der Waals surface area contributed by atoms with Gasteiger partial charge in [0.15, 0.2) is 0 Å². The molecule has 2 N–H and O–H groups in total. The van der Waals surface area contributed by atoms with Gasteiger partial charge in [-0.2, -0.15) is 0 Å². The van der Waals surface area contributed by atoms with E-state index < -0.39 is 0 Å². The van der Waals surface area contributed by atoms with Gasteiger partial charge in [0.25, 0.3) is 0 Å². The molecule has 2 aromatic heterocycles. The smallest absolute Gasteiger partial charge is 0.0743 e. The number of aromatic amines is 2. The maximum Gasteiger partial charge on any atom is 0.0743 e. The van der Waals surface area contributed by atoms with Crippen LogP contribution in [0.4, 0.5) is 0 Å². The summed E-state index contributed by atoms with van der Waals surface area (Å²) in [6, 6.07) is 46.4. The minimum atomic E-state index is 0.430. The topological polar surface area (TPSA) is 65.5 Å². The molecule has 5 heterocycles. The molecule has 0 fully saturated rings. The summed E-state index contributed by atoms with van der Waals surface area (Å²) in [7, 11) is 0. The van der Waals surface area contributed by atoms with Crippen molar-refractivity contribution in [2.45, 2.75) is 13.5 Å². The Morgan fingerprint density at radius 3 is 1.52 bits per heavy atom. The van der Waals surface area contributed by atoms with Crippen molar-refractivity contribution in [3.63, 3.8) is 0 Å². The lowest BCUT2D eigenvalue weighted by molar-refractivity contribution is 0.134. The van der Waals surface area contributed by atoms with Crippen LogP contribution in [0.2, 0.25) is 0 Å². The number of rotatable bonds is 7. The van der Waals surface area contributed by atoms with Crippen LogP contribution < -0.4 is 10.7 Å². The van der Waals surface area contributed by atoms with Gasteiger partial charge >= 0.3 is 0 Å². The molecule has 0 unspecified atom stereocenters. The van der Waals surface area contributed by atoms with Gasteiger partial charge < -0.3 is 14.7 Å². The Morgan fingerprint density at radius 2 is 0.962 bits per heavy atom. The van der Waals surface area contributed by atoms with E-state index in [1.807, 2.05) is 13.0 Å². The van der Waals surface area contributed by atoms with Crippen LogP contribution in [-0.4, -0.2) is 28.0 Å². The monoisotopic (exact) mass is 672 g/mol. The van der Waals surface area contributed by atoms with Gasteiger partial charge in [-0.1, -0.05) is 121 Å². The lowest BCUT2D eigenvalue weighted by atomic mass is 9.92. The molecule has 3 aliphatic rings. The van der Waals surface area contributed by atoms with Crippen LogP contribution in [0.1, 0.15) is 46.0 Å². The number of hydrogen-bond acceptors (Lipinski definition) is 3. The van der Waals surface area contributed by atoms with Crippen molar-refractivity contribution in [1.82, 2.24) is 9.97 Å². The van der Waals surface area contributed by atoms with Crippen molar-refractivity contribution in [3.8, 4) is 0 Å². The second-order valence-corrected chi connectivity index (χ2v) is 12.9. The maximum atomic E-state index is 6.26. The summed E-state index contributed by atoms with van der Waals surface area (Å²) in [5, 5.41) is 1.99. The highest BCUT2D eigenvalue weighted by Crippen LogP contribution is 2.38. The number of benzene rings is 4. The second kappa shape index (κ2) is 13.6. The highest BCUT2D eigenvalue weighted by atomic mass is 16.5. The van der Waals surface area contributed by atoms with E-state index >= 15 is 0 Å². The van der Waals surface area contributed by atoms with Crippen molar-refractivity contribution in [1.29, 1.82) is 0 Å². The molecular weight excluding hydrogens is 637 g/mol. The summed E-state index contributed by atoms with van der Waals surface area (Å²) in [6.07, 6.45) is 10.6. The van der Waals surface area contributed by atoms with Crippen molar-refractivity contribution in [3.05, 3.63) is 225 Å². The van der Waals surface area contributed by atoms with Gasteiger partial charge in [0.1, 0.15) is 0 Å². The quantitative estimate of drug-likeness (QED) is 0.176. The van der Waals surface area contributed by atoms with Crippen molar-refractivity contribution < 1.29 is 4.74 Å². The molecule has 8 bridgehead atoms. The average Bonchev–Trinajstić information content (AvgIpc) is 4.03. The Hall–Kier alpha value is -6.56. The number of aromatic nitrogens is 2. The molecule has 0 saturated carbocycles. The third-order valence-electron chi connectivity index (χ3n) is 9.74. The number of fused-ring (bicyclic) bond motifs is 6. The van der Waals surface area contributed by atoms with Crippen molar-refractivity contribution in [2.75, 3.05) is 6.61 Å². The molecule has 4 aromatic carbocycles. The van der Waals surface area contributed by atoms with E-state index in [2.05, 4.69) is 168 Å². The Morgan fingerprint density at radius 1 is 0.500 bits per heavy atom. The van der Waals surface area contributed by atoms with Gasteiger partial charge in [0, 0.05) is 56.9 Å². The number of aliphatic imine (C=N–C) groups is 2. The van der Waals surface area contributed by atoms with Crippen LogP contribution in [0.3, 0.4) is 0 Å². The van der Waals surface area contributed by atoms with E-state index in [-0.39, 0.29) is 0 Å². The molecule has 250 valence electrons. The number of hydrogen-bond donors (Lipinski definition) is 2. The first kappa shape index (κ1) is 31.4. The van der Waals surface area contributed by atoms with Gasteiger partial charge in [0.2, 0.25) is 0 Å². The van der Waals surface area contributed by atoms with Crippen LogP contribution in [0.15, 0.2) is 185 Å². The van der Waals surface area contributed by atoms with E-state index in [1.165, 1.54) is 0 Å². The van der Waals surface area contributed by atoms with Gasteiger partial charge in [0.05, 0.1) is 35.1 Å². The summed E-state index contributed by atoms with van der Waals surface area (Å²) in [6.45, 7) is 3.07. The third-order valence-corrected chi connectivity index (χ3v) is 9.74. The fourth-order valence-electron chi connectivity index (χ4n) is 7.39. The Labute approximate surface area is 302 Å². The van der Waals surface area contributed by atoms with Gasteiger partial charge in [-0.05, 0) is 65.6 Å². The molecule has 0 spiro atoms. The van der Waals surface area contributed by atoms with E-state index in [0.29, 0.717) is 13.2 Å². The van der Waals surface area contributed by atoms with E-state index in [4.69, 9.17) is 14.7 Å². The molecule has 6 aromatic rings. The van der Waals surface area contributed by atoms with Crippen molar-refractivity contribution >= 4 is 33.7 Å². The standard InChI is InChI=1S/C47H36N4O/c1-2-52-30-36-35-29-48-47(36)46(34-21-13-6-14-22-34)42-28-27-41(51-42)45(33-19-11-5-12-20-33)40-26-25-39(50-40)44(32-17-9-4-10-18-32)38-24-23-37(49-38)43(35)31-15-7-3-8-16-31/h3-29,48-49H,2,30H2,1H3. The zero-order chi connectivity index (χ0) is 34.9. The van der Waals surface area contributed by atoms with Crippen LogP contribution >= 0.6 is 0 Å². The Kier molecular flexibility index (Phi) is 8.24. The fraction of sp³-hybridized carbons (Fsp3) is 0.0638. The van der Waals surface area contributed by atoms with Gasteiger partial charge in [-0.25, -0.2) is 9.98 Å². The number of nitrogens with zero attached hydrogens (tertiary/aromatic N) is 2. The van der Waals surface area contributed by atoms with E-state index in [9.17, 15) is 0 Å². The summed E-state index contributed by atoms with van der Waals surface area (Å²) >= 11 is 0. The zero-order valence-electron chi connectivity index (χ0n) is 28.8. The van der Waals surface area contributed by atoms with Crippen LogP contribution in [-0.2, 0) is 11.3 Å². The predicted molar refractivity (Wildman–Crippen MR) is 212 cm³/mol. The Bertz CT molecular complexity index is 2610. The highest BCUT2D eigenvalue weighted by molar-refractivity contribution is 6.35. The summed E-state index contributed by atoms with van der Waals surface area (Å²) < 4.78 is 6.26. The largest absolute Gasteiger partial charge is 0.377 e. The van der Waals surface area contributed by atoms with Crippen LogP contribution in [0.25, 0.3) is 22.3 Å². The fourth-order valence-corrected chi connectivity index (χ4v) is 7.39. The molecule has 3 aliphatic heterocycles. The van der Waals surface area contributed by atoms with Crippen LogP contribution in [0, 0.1) is 0 Å². The number of nitrogens with one attached hydrogen (secondary N) is 2. The summed E-state index contributed by atoms with van der Waals surface area (Å²) in [4.78, 5) is 18.4. The zero-order valence-corrected chi connectivity index (χ0v) is 28.8. The molecule has 0 aliphatic carbocycles. The van der Waals surface area contributed by atoms with Gasteiger partial charge in [-0.3, -0.25) is 0 Å². The van der Waals surface area contributed by atoms with Crippen LogP contribution in [0.5, 0.6) is 0 Å². The maximum absolute atomic E-state index is 6.26. The molecule has 0 amide bonds. The molecule has 0 saturated heterocycles. The van der Waals surface area contributed by atoms with Crippen molar-refractivity contribution in [2.24, 2.45) is 9.98 Å². The predicted octanol–water partition coefficient (Wildman–Crippen LogP) is 8.53. The number of allylic oxidation sites excluding steroid dienone is 5. The molecule has 5 heteroatoms. The number of ether oxygens (including phenoxy) is 1. The lowest BCUT2D eigenvalue weighted by Gasteiger charge is -2.15. The normalized spacial score (nSPS) is 15.1. The first-order valence-electron chi connectivity index (χ1n) is 17.7. The molecular formula is C47H36N4O. The minimum Gasteiger partial charge on any atom is -0.377 e. The van der Waals surface area contributed by atoms with E-state index in [1.54, 1.807) is 0 Å². The van der Waals surface area contributed by atoms with Gasteiger partial charge in [-0.15, -0.1) is 0 Å². The molecule has 9 rings (SSSR count). The first-order valence-corrected chi connectivity index (χ1v) is 17.7. The summed E-state index contributed by atoms with van der Waals surface area (Å²) in [5.74, 6) is 0. The Balaban J connectivity index is 1.45. The second-order valence-electron chi connectivity index (χ2n) is 12.9. The first-order chi connectivity index (χ1) is 25.8. The third kappa shape index (κ3) is 5.67. The molecule has 52 heavy (non-hydrogen) atoms. The molecule has 0 atom stereocenters. The summed E-state index contributed by atoms with van der Waals surface area (Å²) in [5.41, 5.74) is 15.1. The van der Waals surface area contributed by atoms with E-state index in [0.717, 1.165) is 94.9 Å². The highest BCUT2D eigenvalue weighted by Gasteiger charge is 2.26. The number of H-pyrrole nitrogens is 2. The molecule has 5 nitrogen and oxygen atoms in total. The average molecular weight is 673 g/mol.